The van der Waals surface area contributed by atoms with Crippen LogP contribution in [0.4, 0.5) is 0 Å². The van der Waals surface area contributed by atoms with Gasteiger partial charge in [0.25, 0.3) is 0 Å². The molecular weight excluding hydrogens is 844 g/mol. The minimum Gasteiger partial charge on any atom is -0.509 e. The smallest absolute Gasteiger partial charge is 0.509 e. The first kappa shape index (κ1) is 39.2. The molecule has 3 aromatic heterocycles. The van der Waals surface area contributed by atoms with Crippen LogP contribution in [0.25, 0.3) is 44.4 Å². The second kappa shape index (κ2) is 18.2. The van der Waals surface area contributed by atoms with Crippen LogP contribution in [-0.4, -0.2) is 19.3 Å². The normalized spacial score (nSPS) is 11.4. The van der Waals surface area contributed by atoms with Crippen LogP contribution in [0.1, 0.15) is 108 Å². The molecule has 0 aliphatic carbocycles. The van der Waals surface area contributed by atoms with Crippen LogP contribution in [0.15, 0.2) is 97.2 Å². The van der Waals surface area contributed by atoms with Crippen LogP contribution < -0.4 is 4.74 Å². The number of ether oxygens (including phenoxy) is 1. The molecule has 0 radical (unpaired) electrons. The number of aryl methyl sites for hydroxylation is 2. The number of rotatable bonds is 16. The van der Waals surface area contributed by atoms with Gasteiger partial charge < -0.3 is 9.30 Å². The fraction of sp³-hybridized carbons (Fsp3) is 0.333. The summed E-state index contributed by atoms with van der Waals surface area (Å²) < 4.78 is 10.9. The van der Waals surface area contributed by atoms with Crippen LogP contribution in [0.2, 0.25) is 0 Å². The molecule has 7 aromatic rings. The number of para-hydroxylation sites is 1. The van der Waals surface area contributed by atoms with Crippen molar-refractivity contribution < 1.29 is 25.8 Å². The van der Waals surface area contributed by atoms with E-state index in [1.54, 1.807) is 0 Å². The van der Waals surface area contributed by atoms with E-state index >= 15 is 0 Å². The van der Waals surface area contributed by atoms with Crippen molar-refractivity contribution in [1.82, 2.24) is 19.3 Å². The maximum atomic E-state index is 6.58. The molecule has 0 aliphatic rings. The van der Waals surface area contributed by atoms with Crippen LogP contribution in [-0.2, 0) is 40.3 Å². The molecule has 5 nitrogen and oxygen atoms in total. The number of unbranched alkanes of at least 4 members (excludes halogenated alkanes) is 4. The zero-order valence-corrected chi connectivity index (χ0v) is 34.7. The van der Waals surface area contributed by atoms with E-state index in [1.165, 1.54) is 53.6 Å². The van der Waals surface area contributed by atoms with Crippen molar-refractivity contribution in [2.75, 3.05) is 0 Å². The van der Waals surface area contributed by atoms with Gasteiger partial charge in [-0.2, -0.15) is 17.2 Å². The molecule has 0 atom stereocenters. The number of nitrogens with zero attached hydrogens (tertiary/aromatic N) is 4. The Morgan fingerprint density at radius 2 is 1.48 bits per heavy atom. The van der Waals surface area contributed by atoms with Gasteiger partial charge in [0.15, 0.2) is 0 Å². The molecule has 0 aliphatic heterocycles. The van der Waals surface area contributed by atoms with E-state index < -0.39 is 0 Å². The van der Waals surface area contributed by atoms with E-state index in [2.05, 4.69) is 129 Å². The fourth-order valence-corrected chi connectivity index (χ4v) is 7.53. The first-order chi connectivity index (χ1) is 26.0. The molecule has 0 unspecified atom stereocenters. The predicted molar refractivity (Wildman–Crippen MR) is 220 cm³/mol. The van der Waals surface area contributed by atoms with E-state index in [9.17, 15) is 0 Å². The summed E-state index contributed by atoms with van der Waals surface area (Å²) in [5.74, 6) is 2.54. The van der Waals surface area contributed by atoms with Crippen molar-refractivity contribution in [3.8, 4) is 34.1 Å². The van der Waals surface area contributed by atoms with Crippen molar-refractivity contribution in [1.29, 1.82) is 0 Å². The molecule has 0 spiro atoms. The van der Waals surface area contributed by atoms with Crippen molar-refractivity contribution in [3.05, 3.63) is 132 Å². The van der Waals surface area contributed by atoms with E-state index in [1.807, 2.05) is 24.4 Å². The van der Waals surface area contributed by atoms with E-state index in [4.69, 9.17) is 14.8 Å². The van der Waals surface area contributed by atoms with Crippen LogP contribution >= 0.6 is 0 Å². The Labute approximate surface area is 336 Å². The monoisotopic (exact) mass is 895 g/mol. The molecule has 0 saturated heterocycles. The Hall–Kier alpha value is -4.47. The van der Waals surface area contributed by atoms with Crippen molar-refractivity contribution in [3.63, 3.8) is 0 Å². The maximum Gasteiger partial charge on any atom is 2.00 e. The Morgan fingerprint density at radius 1 is 0.704 bits per heavy atom. The molecule has 280 valence electrons. The third-order valence-corrected chi connectivity index (χ3v) is 10.3. The third-order valence-electron chi connectivity index (χ3n) is 10.3. The van der Waals surface area contributed by atoms with Crippen molar-refractivity contribution >= 4 is 21.8 Å². The zero-order valence-electron chi connectivity index (χ0n) is 32.4. The van der Waals surface area contributed by atoms with Crippen LogP contribution in [0, 0.1) is 12.1 Å². The van der Waals surface area contributed by atoms with Gasteiger partial charge in [-0.1, -0.05) is 121 Å². The molecule has 0 bridgehead atoms. The molecule has 6 heteroatoms. The summed E-state index contributed by atoms with van der Waals surface area (Å²) in [5, 5.41) is 7.58. The molecule has 54 heavy (non-hydrogen) atoms. The van der Waals surface area contributed by atoms with Gasteiger partial charge in [-0.15, -0.1) is 35.7 Å². The summed E-state index contributed by atoms with van der Waals surface area (Å²) >= 11 is 0. The molecular formula is C48H52N4OPt. The summed E-state index contributed by atoms with van der Waals surface area (Å²) in [5.41, 5.74) is 10.5. The number of fused-ring (bicyclic) bond motifs is 3. The van der Waals surface area contributed by atoms with Crippen LogP contribution in [0.5, 0.6) is 11.5 Å². The Balaban J connectivity index is 0.00000497. The van der Waals surface area contributed by atoms with Gasteiger partial charge in [-0.05, 0) is 77.6 Å². The number of benzene rings is 4. The zero-order chi connectivity index (χ0) is 36.7. The van der Waals surface area contributed by atoms with Crippen LogP contribution in [0.3, 0.4) is 0 Å². The van der Waals surface area contributed by atoms with E-state index in [-0.39, 0.29) is 21.1 Å². The van der Waals surface area contributed by atoms with Gasteiger partial charge in [0.2, 0.25) is 0 Å². The average Bonchev–Trinajstić information content (AvgIpc) is 3.70. The first-order valence-corrected chi connectivity index (χ1v) is 19.8. The maximum absolute atomic E-state index is 6.58. The first-order valence-electron chi connectivity index (χ1n) is 19.8. The predicted octanol–water partition coefficient (Wildman–Crippen LogP) is 13.0. The van der Waals surface area contributed by atoms with Crippen molar-refractivity contribution in [2.24, 2.45) is 0 Å². The van der Waals surface area contributed by atoms with E-state index in [0.717, 1.165) is 77.5 Å². The summed E-state index contributed by atoms with van der Waals surface area (Å²) in [6.07, 6.45) is 13.2. The second-order valence-electron chi connectivity index (χ2n) is 14.6. The molecule has 4 aromatic carbocycles. The number of hydrogen-bond donors (Lipinski definition) is 0. The molecule has 0 amide bonds. The number of aromatic nitrogens is 4. The quantitative estimate of drug-likeness (QED) is 0.0717. The summed E-state index contributed by atoms with van der Waals surface area (Å²) in [7, 11) is 0. The average molecular weight is 896 g/mol. The molecule has 3 heterocycles. The molecule has 0 N–H and O–H groups in total. The fourth-order valence-electron chi connectivity index (χ4n) is 7.53. The summed E-state index contributed by atoms with van der Waals surface area (Å²) in [6.45, 7) is 11.2. The van der Waals surface area contributed by atoms with Gasteiger partial charge in [0.05, 0.1) is 5.69 Å². The minimum absolute atomic E-state index is 0. The largest absolute Gasteiger partial charge is 2.00 e. The summed E-state index contributed by atoms with van der Waals surface area (Å²) in [6, 6.07) is 39.4. The Bertz CT molecular complexity index is 2300. The number of hydrogen-bond acceptors (Lipinski definition) is 3. The van der Waals surface area contributed by atoms with E-state index in [0.29, 0.717) is 17.4 Å². The number of pyridine rings is 1. The van der Waals surface area contributed by atoms with Gasteiger partial charge in [-0.25, -0.2) is 4.98 Å². The topological polar surface area (TPSA) is 44.9 Å². The Kier molecular flexibility index (Phi) is 13.2. The molecule has 0 saturated carbocycles. The van der Waals surface area contributed by atoms with Crippen molar-refractivity contribution in [2.45, 2.75) is 105 Å². The molecule has 7 rings (SSSR count). The standard InChI is InChI=1S/C48H52N4O.Pt/c1-6-9-10-11-12-22-45-48(36-25-23-35(16-7-2)24-26-36)43(17-8-3)50-52(45)38-18-15-19-39(32-38)53-40-27-28-42-41-20-13-14-21-44(41)51(46(42)33-40)47-31-37(34(4)5)29-30-49-47;/h13-15,18-21,23-31,34H,6-12,16-17,22H2,1-5H3;/q-2;+2. The van der Waals surface area contributed by atoms with Gasteiger partial charge in [-0.3, -0.25) is 4.68 Å². The SMILES string of the molecule is CCCCCCCc1c(-c2ccc(CCC)cc2)c(CCC)nn1-c1[c-]c(Oc2[c-]c3c(cc2)c2ccccc2n3-c2cc(C(C)C)ccn2)ccc1.[Pt+2]. The summed E-state index contributed by atoms with van der Waals surface area (Å²) in [4.78, 5) is 4.81. The molecule has 0 fully saturated rings. The minimum atomic E-state index is 0. The van der Waals surface area contributed by atoms with Gasteiger partial charge in [0.1, 0.15) is 5.82 Å². The van der Waals surface area contributed by atoms with Gasteiger partial charge in [0, 0.05) is 34.5 Å². The third kappa shape index (κ3) is 8.42. The van der Waals surface area contributed by atoms with Gasteiger partial charge >= 0.3 is 21.1 Å². The Morgan fingerprint density at radius 3 is 2.26 bits per heavy atom. The second-order valence-corrected chi connectivity index (χ2v) is 14.6.